The first kappa shape index (κ1) is 9.45. The summed E-state index contributed by atoms with van der Waals surface area (Å²) in [6, 6.07) is 0.452. The topological polar surface area (TPSA) is 60.0 Å². The number of nitrogens with zero attached hydrogens (tertiary/aromatic N) is 4. The number of piperidine rings is 1. The van der Waals surface area contributed by atoms with Crippen molar-refractivity contribution < 1.29 is 0 Å². The zero-order chi connectivity index (χ0) is 9.97. The largest absolute Gasteiger partial charge is 0.381 e. The van der Waals surface area contributed by atoms with Crippen LogP contribution in [0.4, 0.5) is 5.82 Å². The summed E-state index contributed by atoms with van der Waals surface area (Å²) in [4.78, 5) is 2.44. The minimum atomic E-state index is 0.452. The number of hydrogen-bond donors (Lipinski definition) is 1. The second kappa shape index (κ2) is 3.96. The Bertz CT molecular complexity index is 295. The van der Waals surface area contributed by atoms with Gasteiger partial charge >= 0.3 is 0 Å². The van der Waals surface area contributed by atoms with Gasteiger partial charge in [-0.1, -0.05) is 12.1 Å². The van der Waals surface area contributed by atoms with Gasteiger partial charge in [0.15, 0.2) is 5.82 Å². The fraction of sp³-hybridized carbons (Fsp3) is 0.778. The highest BCUT2D eigenvalue weighted by Crippen LogP contribution is 2.20. The zero-order valence-corrected chi connectivity index (χ0v) is 8.56. The Hall–Kier alpha value is -1.10. The van der Waals surface area contributed by atoms with Gasteiger partial charge in [0.05, 0.1) is 12.2 Å². The highest BCUT2D eigenvalue weighted by atomic mass is 15.5. The number of hydrogen-bond acceptors (Lipinski definition) is 4. The van der Waals surface area contributed by atoms with Crippen LogP contribution in [-0.2, 0) is 0 Å². The van der Waals surface area contributed by atoms with E-state index in [1.54, 1.807) is 0 Å². The standard InChI is InChI=1S/C9H17N5/c1-2-13-5-3-4-8(6-13)14-7-9(10)11-12-14/h7-8H,2-6,10H2,1H3/t8-/m1/s1. The van der Waals surface area contributed by atoms with Gasteiger partial charge in [-0.25, -0.2) is 4.68 Å². The molecule has 0 radical (unpaired) electrons. The number of likely N-dealkylation sites (tertiary alicyclic amines) is 1. The van der Waals surface area contributed by atoms with Crippen LogP contribution in [0.2, 0.25) is 0 Å². The normalized spacial score (nSPS) is 23.9. The molecule has 1 fully saturated rings. The van der Waals surface area contributed by atoms with E-state index < -0.39 is 0 Å². The third kappa shape index (κ3) is 1.87. The van der Waals surface area contributed by atoms with Crippen molar-refractivity contribution in [3.8, 4) is 0 Å². The van der Waals surface area contributed by atoms with E-state index in [4.69, 9.17) is 5.73 Å². The molecule has 0 amide bonds. The maximum atomic E-state index is 5.54. The molecule has 0 aliphatic carbocycles. The molecule has 5 nitrogen and oxygen atoms in total. The third-order valence-corrected chi connectivity index (χ3v) is 2.83. The fourth-order valence-electron chi connectivity index (χ4n) is 2.00. The summed E-state index contributed by atoms with van der Waals surface area (Å²) in [6.45, 7) is 5.58. The molecule has 2 N–H and O–H groups in total. The predicted molar refractivity (Wildman–Crippen MR) is 54.8 cm³/mol. The molecule has 5 heteroatoms. The maximum Gasteiger partial charge on any atom is 0.165 e. The van der Waals surface area contributed by atoms with Crippen molar-refractivity contribution in [2.24, 2.45) is 0 Å². The van der Waals surface area contributed by atoms with Crippen molar-refractivity contribution in [3.05, 3.63) is 6.20 Å². The quantitative estimate of drug-likeness (QED) is 0.747. The molecule has 1 aromatic rings. The average Bonchev–Trinajstić information content (AvgIpc) is 2.65. The number of nitrogens with two attached hydrogens (primary N) is 1. The van der Waals surface area contributed by atoms with E-state index in [-0.39, 0.29) is 0 Å². The van der Waals surface area contributed by atoms with Crippen LogP contribution in [0.25, 0.3) is 0 Å². The summed E-state index contributed by atoms with van der Waals surface area (Å²) < 4.78 is 1.90. The van der Waals surface area contributed by atoms with Crippen molar-refractivity contribution in [3.63, 3.8) is 0 Å². The smallest absolute Gasteiger partial charge is 0.165 e. The summed E-state index contributed by atoms with van der Waals surface area (Å²) in [5, 5.41) is 7.84. The molecule has 0 spiro atoms. The lowest BCUT2D eigenvalue weighted by atomic mass is 10.1. The number of anilines is 1. The zero-order valence-electron chi connectivity index (χ0n) is 8.56. The lowest BCUT2D eigenvalue weighted by molar-refractivity contribution is 0.176. The molecule has 0 aromatic carbocycles. The molecule has 0 bridgehead atoms. The van der Waals surface area contributed by atoms with Gasteiger partial charge in [0.1, 0.15) is 0 Å². The first-order valence-electron chi connectivity index (χ1n) is 5.19. The summed E-state index contributed by atoms with van der Waals surface area (Å²) in [5.74, 6) is 0.513. The van der Waals surface area contributed by atoms with Crippen LogP contribution in [0.5, 0.6) is 0 Å². The van der Waals surface area contributed by atoms with Crippen molar-refractivity contribution in [2.45, 2.75) is 25.8 Å². The number of nitrogen functional groups attached to an aromatic ring is 1. The van der Waals surface area contributed by atoms with Crippen LogP contribution in [0.3, 0.4) is 0 Å². The van der Waals surface area contributed by atoms with E-state index in [0.717, 1.165) is 13.1 Å². The van der Waals surface area contributed by atoms with E-state index in [9.17, 15) is 0 Å². The lowest BCUT2D eigenvalue weighted by Gasteiger charge is -2.31. The maximum absolute atomic E-state index is 5.54. The highest BCUT2D eigenvalue weighted by Gasteiger charge is 2.20. The molecule has 2 heterocycles. The van der Waals surface area contributed by atoms with Crippen LogP contribution < -0.4 is 5.73 Å². The molecule has 1 aromatic heterocycles. The van der Waals surface area contributed by atoms with E-state index in [0.29, 0.717) is 11.9 Å². The van der Waals surface area contributed by atoms with Gasteiger partial charge in [-0.05, 0) is 25.9 Å². The lowest BCUT2D eigenvalue weighted by Crippen LogP contribution is -2.36. The van der Waals surface area contributed by atoms with Crippen LogP contribution in [0, 0.1) is 0 Å². The number of likely N-dealkylation sites (N-methyl/N-ethyl adjacent to an activating group) is 1. The number of rotatable bonds is 2. The van der Waals surface area contributed by atoms with E-state index >= 15 is 0 Å². The molecule has 1 aliphatic rings. The Morgan fingerprint density at radius 3 is 3.14 bits per heavy atom. The predicted octanol–water partition coefficient (Wildman–Crippen LogP) is 0.517. The van der Waals surface area contributed by atoms with E-state index in [1.807, 2.05) is 10.9 Å². The Morgan fingerprint density at radius 2 is 2.50 bits per heavy atom. The Kier molecular flexibility index (Phi) is 2.67. The van der Waals surface area contributed by atoms with Gasteiger partial charge in [-0.3, -0.25) is 0 Å². The van der Waals surface area contributed by atoms with Gasteiger partial charge in [0.25, 0.3) is 0 Å². The Balaban J connectivity index is 2.04. The van der Waals surface area contributed by atoms with Crippen molar-refractivity contribution in [1.29, 1.82) is 0 Å². The van der Waals surface area contributed by atoms with Crippen molar-refractivity contribution in [1.82, 2.24) is 19.9 Å². The van der Waals surface area contributed by atoms with Gasteiger partial charge < -0.3 is 10.6 Å². The first-order chi connectivity index (χ1) is 6.79. The minimum absolute atomic E-state index is 0.452. The van der Waals surface area contributed by atoms with Crippen molar-refractivity contribution >= 4 is 5.82 Å². The SMILES string of the molecule is CCN1CCC[C@@H](n2cc(N)nn2)C1. The minimum Gasteiger partial charge on any atom is -0.381 e. The highest BCUT2D eigenvalue weighted by molar-refractivity contribution is 5.20. The van der Waals surface area contributed by atoms with Gasteiger partial charge in [-0.15, -0.1) is 5.10 Å². The second-order valence-corrected chi connectivity index (χ2v) is 3.81. The second-order valence-electron chi connectivity index (χ2n) is 3.81. The summed E-state index contributed by atoms with van der Waals surface area (Å²) >= 11 is 0. The molecular formula is C9H17N5. The molecule has 0 saturated carbocycles. The molecule has 14 heavy (non-hydrogen) atoms. The Labute approximate surface area is 83.9 Å². The van der Waals surface area contributed by atoms with Gasteiger partial charge in [-0.2, -0.15) is 0 Å². The van der Waals surface area contributed by atoms with Crippen molar-refractivity contribution in [2.75, 3.05) is 25.4 Å². The molecule has 1 atom stereocenters. The third-order valence-electron chi connectivity index (χ3n) is 2.83. The molecule has 78 valence electrons. The summed E-state index contributed by atoms with van der Waals surface area (Å²) in [6.07, 6.45) is 4.24. The molecule has 1 aliphatic heterocycles. The van der Waals surface area contributed by atoms with Gasteiger partial charge in [0.2, 0.25) is 0 Å². The monoisotopic (exact) mass is 195 g/mol. The van der Waals surface area contributed by atoms with Crippen LogP contribution in [0.1, 0.15) is 25.8 Å². The average molecular weight is 195 g/mol. The molecule has 0 unspecified atom stereocenters. The first-order valence-corrected chi connectivity index (χ1v) is 5.19. The number of aromatic nitrogens is 3. The molecular weight excluding hydrogens is 178 g/mol. The van der Waals surface area contributed by atoms with E-state index in [1.165, 1.54) is 19.4 Å². The Morgan fingerprint density at radius 1 is 1.64 bits per heavy atom. The summed E-state index contributed by atoms with van der Waals surface area (Å²) in [7, 11) is 0. The van der Waals surface area contributed by atoms with Crippen LogP contribution in [0.15, 0.2) is 6.20 Å². The van der Waals surface area contributed by atoms with Crippen LogP contribution in [-0.4, -0.2) is 39.5 Å². The van der Waals surface area contributed by atoms with Crippen LogP contribution >= 0.6 is 0 Å². The van der Waals surface area contributed by atoms with Gasteiger partial charge in [0, 0.05) is 6.54 Å². The fourth-order valence-corrected chi connectivity index (χ4v) is 2.00. The molecule has 2 rings (SSSR count). The van der Waals surface area contributed by atoms with E-state index in [2.05, 4.69) is 22.1 Å². The summed E-state index contributed by atoms with van der Waals surface area (Å²) in [5.41, 5.74) is 5.54. The molecule has 1 saturated heterocycles.